The third kappa shape index (κ3) is 2.47. The van der Waals surface area contributed by atoms with Crippen molar-refractivity contribution < 1.29 is 0 Å². The zero-order valence-electron chi connectivity index (χ0n) is 9.95. The third-order valence-corrected chi connectivity index (χ3v) is 3.49. The lowest BCUT2D eigenvalue weighted by Crippen LogP contribution is -2.29. The van der Waals surface area contributed by atoms with Gasteiger partial charge in [-0.1, -0.05) is 0 Å². The molecule has 1 aliphatic rings. The van der Waals surface area contributed by atoms with Crippen molar-refractivity contribution in [2.45, 2.75) is 25.7 Å². The van der Waals surface area contributed by atoms with Crippen LogP contribution in [0.5, 0.6) is 0 Å². The van der Waals surface area contributed by atoms with Crippen LogP contribution in [-0.4, -0.2) is 28.0 Å². The van der Waals surface area contributed by atoms with Gasteiger partial charge in [0.15, 0.2) is 5.65 Å². The van der Waals surface area contributed by atoms with Crippen molar-refractivity contribution in [1.29, 1.82) is 0 Å². The van der Waals surface area contributed by atoms with Crippen molar-refractivity contribution in [3.63, 3.8) is 0 Å². The highest BCUT2D eigenvalue weighted by atomic mass is 15.0. The Bertz CT molecular complexity index is 452. The molecule has 0 bridgehead atoms. The molecule has 17 heavy (non-hydrogen) atoms. The molecule has 1 unspecified atom stereocenters. The lowest BCUT2D eigenvalue weighted by Gasteiger charge is -2.22. The van der Waals surface area contributed by atoms with Crippen LogP contribution in [0.1, 0.15) is 25.1 Å². The molecule has 0 aromatic carbocycles. The van der Waals surface area contributed by atoms with Crippen molar-refractivity contribution in [2.75, 3.05) is 13.1 Å². The van der Waals surface area contributed by atoms with E-state index in [-0.39, 0.29) is 0 Å². The molecular formula is C13H18N4. The Labute approximate surface area is 101 Å². The minimum Gasteiger partial charge on any atom is -0.341 e. The molecule has 3 heterocycles. The van der Waals surface area contributed by atoms with Crippen LogP contribution in [-0.2, 0) is 6.42 Å². The summed E-state index contributed by atoms with van der Waals surface area (Å²) >= 11 is 0. The Hall–Kier alpha value is -1.42. The van der Waals surface area contributed by atoms with Gasteiger partial charge in [0.2, 0.25) is 0 Å². The number of hydrogen-bond donors (Lipinski definition) is 2. The zero-order valence-corrected chi connectivity index (χ0v) is 9.95. The summed E-state index contributed by atoms with van der Waals surface area (Å²) in [5.74, 6) is 1.88. The molecule has 2 aromatic rings. The standard InChI is InChI=1S/C13H18N4/c1-3-10(9-14-7-1)5-6-12-16-11-4-2-8-15-13(11)17-12/h2,4,8,10,14H,1,3,5-7,9H2,(H,15,16,17). The maximum atomic E-state index is 4.51. The first-order chi connectivity index (χ1) is 8.42. The number of fused-ring (bicyclic) bond motifs is 1. The van der Waals surface area contributed by atoms with Gasteiger partial charge in [-0.2, -0.15) is 0 Å². The number of rotatable bonds is 3. The summed E-state index contributed by atoms with van der Waals surface area (Å²) in [5, 5.41) is 3.45. The van der Waals surface area contributed by atoms with Crippen LogP contribution in [0, 0.1) is 5.92 Å². The van der Waals surface area contributed by atoms with Gasteiger partial charge in [-0.25, -0.2) is 9.97 Å². The highest BCUT2D eigenvalue weighted by Crippen LogP contribution is 2.17. The van der Waals surface area contributed by atoms with E-state index in [0.717, 1.165) is 29.3 Å². The van der Waals surface area contributed by atoms with Gasteiger partial charge in [0.05, 0.1) is 5.52 Å². The van der Waals surface area contributed by atoms with Crippen molar-refractivity contribution in [1.82, 2.24) is 20.3 Å². The second-order valence-corrected chi connectivity index (χ2v) is 4.81. The number of aryl methyl sites for hydroxylation is 1. The van der Waals surface area contributed by atoms with Crippen LogP contribution in [0.4, 0.5) is 0 Å². The summed E-state index contributed by atoms with van der Waals surface area (Å²) in [6.45, 7) is 2.35. The minimum absolute atomic E-state index is 0.810. The third-order valence-electron chi connectivity index (χ3n) is 3.49. The number of piperidine rings is 1. The first-order valence-corrected chi connectivity index (χ1v) is 6.42. The summed E-state index contributed by atoms with van der Waals surface area (Å²) in [4.78, 5) is 12.1. The normalized spacial score (nSPS) is 20.8. The first-order valence-electron chi connectivity index (χ1n) is 6.42. The SMILES string of the molecule is c1cnc2nc(CCC3CCCNC3)[nH]c2c1. The lowest BCUT2D eigenvalue weighted by atomic mass is 9.95. The fourth-order valence-electron chi connectivity index (χ4n) is 2.52. The monoisotopic (exact) mass is 230 g/mol. The fraction of sp³-hybridized carbons (Fsp3) is 0.538. The molecule has 0 spiro atoms. The molecule has 1 atom stereocenters. The fourth-order valence-corrected chi connectivity index (χ4v) is 2.52. The lowest BCUT2D eigenvalue weighted by molar-refractivity contribution is 0.356. The quantitative estimate of drug-likeness (QED) is 0.846. The molecule has 1 fully saturated rings. The molecule has 0 saturated carbocycles. The topological polar surface area (TPSA) is 53.6 Å². The van der Waals surface area contributed by atoms with Crippen LogP contribution >= 0.6 is 0 Å². The van der Waals surface area contributed by atoms with Crippen molar-refractivity contribution >= 4 is 11.2 Å². The molecule has 1 aliphatic heterocycles. The van der Waals surface area contributed by atoms with E-state index in [1.807, 2.05) is 12.1 Å². The molecule has 2 N–H and O–H groups in total. The molecule has 0 aliphatic carbocycles. The van der Waals surface area contributed by atoms with Crippen molar-refractivity contribution in [3.05, 3.63) is 24.2 Å². The number of aromatic amines is 1. The predicted octanol–water partition coefficient (Wildman–Crippen LogP) is 1.89. The average molecular weight is 230 g/mol. The van der Waals surface area contributed by atoms with E-state index in [1.54, 1.807) is 6.20 Å². The predicted molar refractivity (Wildman–Crippen MR) is 67.8 cm³/mol. The average Bonchev–Trinajstić information content (AvgIpc) is 2.80. The van der Waals surface area contributed by atoms with E-state index in [4.69, 9.17) is 0 Å². The molecule has 1 saturated heterocycles. The van der Waals surface area contributed by atoms with Gasteiger partial charge >= 0.3 is 0 Å². The van der Waals surface area contributed by atoms with E-state index < -0.39 is 0 Å². The summed E-state index contributed by atoms with van der Waals surface area (Å²) < 4.78 is 0. The van der Waals surface area contributed by atoms with E-state index >= 15 is 0 Å². The van der Waals surface area contributed by atoms with E-state index in [1.165, 1.54) is 32.4 Å². The second-order valence-electron chi connectivity index (χ2n) is 4.81. The number of aromatic nitrogens is 3. The zero-order chi connectivity index (χ0) is 11.5. The van der Waals surface area contributed by atoms with Gasteiger partial charge < -0.3 is 10.3 Å². The molecule has 3 rings (SSSR count). The largest absolute Gasteiger partial charge is 0.341 e. The van der Waals surface area contributed by atoms with Crippen LogP contribution in [0.15, 0.2) is 18.3 Å². The summed E-state index contributed by atoms with van der Waals surface area (Å²) in [6.07, 6.45) is 6.70. The minimum atomic E-state index is 0.810. The van der Waals surface area contributed by atoms with Gasteiger partial charge in [0.1, 0.15) is 5.82 Å². The van der Waals surface area contributed by atoms with Gasteiger partial charge in [-0.15, -0.1) is 0 Å². The Kier molecular flexibility index (Phi) is 3.05. The maximum Gasteiger partial charge on any atom is 0.177 e. The summed E-state index contributed by atoms with van der Waals surface area (Å²) in [6, 6.07) is 3.97. The van der Waals surface area contributed by atoms with Gasteiger partial charge in [-0.3, -0.25) is 0 Å². The number of nitrogens with one attached hydrogen (secondary N) is 2. The molecule has 0 radical (unpaired) electrons. The molecule has 2 aromatic heterocycles. The number of hydrogen-bond acceptors (Lipinski definition) is 3. The Balaban J connectivity index is 1.64. The Morgan fingerprint density at radius 2 is 2.41 bits per heavy atom. The maximum absolute atomic E-state index is 4.51. The number of H-pyrrole nitrogens is 1. The Morgan fingerprint density at radius 3 is 3.24 bits per heavy atom. The Morgan fingerprint density at radius 1 is 1.41 bits per heavy atom. The van der Waals surface area contributed by atoms with Crippen LogP contribution in [0.3, 0.4) is 0 Å². The number of nitrogens with zero attached hydrogens (tertiary/aromatic N) is 2. The highest BCUT2D eigenvalue weighted by Gasteiger charge is 2.13. The second kappa shape index (κ2) is 4.84. The van der Waals surface area contributed by atoms with Crippen molar-refractivity contribution in [2.24, 2.45) is 5.92 Å². The molecule has 0 amide bonds. The van der Waals surface area contributed by atoms with Crippen LogP contribution in [0.25, 0.3) is 11.2 Å². The van der Waals surface area contributed by atoms with Crippen LogP contribution in [0.2, 0.25) is 0 Å². The van der Waals surface area contributed by atoms with Gasteiger partial charge in [-0.05, 0) is 50.4 Å². The number of imidazole rings is 1. The molecule has 4 nitrogen and oxygen atoms in total. The first kappa shape index (κ1) is 10.7. The number of pyridine rings is 1. The van der Waals surface area contributed by atoms with Gasteiger partial charge in [0.25, 0.3) is 0 Å². The van der Waals surface area contributed by atoms with E-state index in [0.29, 0.717) is 0 Å². The molecule has 4 heteroatoms. The summed E-state index contributed by atoms with van der Waals surface area (Å²) in [5.41, 5.74) is 1.88. The highest BCUT2D eigenvalue weighted by molar-refractivity contribution is 5.69. The van der Waals surface area contributed by atoms with Crippen LogP contribution < -0.4 is 5.32 Å². The summed E-state index contributed by atoms with van der Waals surface area (Å²) in [7, 11) is 0. The van der Waals surface area contributed by atoms with Crippen molar-refractivity contribution in [3.8, 4) is 0 Å². The smallest absolute Gasteiger partial charge is 0.177 e. The molecular weight excluding hydrogens is 212 g/mol. The molecule has 90 valence electrons. The van der Waals surface area contributed by atoms with E-state index in [9.17, 15) is 0 Å². The van der Waals surface area contributed by atoms with E-state index in [2.05, 4.69) is 20.3 Å². The van der Waals surface area contributed by atoms with Gasteiger partial charge in [0, 0.05) is 12.6 Å².